The molecule has 3 rings (SSSR count). The number of carbonyl (C=O) groups is 1. The molecule has 0 saturated carbocycles. The summed E-state index contributed by atoms with van der Waals surface area (Å²) in [5, 5.41) is -0.250. The molecule has 1 aliphatic carbocycles. The van der Waals surface area contributed by atoms with E-state index in [0.717, 1.165) is 5.56 Å². The quantitative estimate of drug-likeness (QED) is 0.311. The van der Waals surface area contributed by atoms with Gasteiger partial charge in [-0.25, -0.2) is 4.99 Å². The molecule has 0 spiro atoms. The van der Waals surface area contributed by atoms with Crippen molar-refractivity contribution >= 4 is 73.8 Å². The highest BCUT2D eigenvalue weighted by Gasteiger charge is 2.25. The third kappa shape index (κ3) is 5.02. The van der Waals surface area contributed by atoms with Crippen molar-refractivity contribution in [1.82, 2.24) is 0 Å². The summed E-state index contributed by atoms with van der Waals surface area (Å²) in [4.78, 5) is 16.1. The molecule has 2 aromatic carbocycles. The Kier molecular flexibility index (Phi) is 6.84. The predicted octanol–water partition coefficient (Wildman–Crippen LogP) is 5.62. The van der Waals surface area contributed by atoms with Crippen LogP contribution in [0.15, 0.2) is 84.0 Å². The topological polar surface area (TPSA) is 75.9 Å². The van der Waals surface area contributed by atoms with Gasteiger partial charge in [0, 0.05) is 10.6 Å². The van der Waals surface area contributed by atoms with Crippen molar-refractivity contribution in [1.29, 1.82) is 0 Å². The number of sulfonamides is 1. The Morgan fingerprint density at radius 1 is 0.867 bits per heavy atom. The molecule has 0 bridgehead atoms. The SMILES string of the molecule is Cc1ccc(S(=O)(=O)/N=C(/N=C2C=C(Cl)C(=O)C(Cl)=C2Cl)c2ccc(Cl)cc2)cc1. The van der Waals surface area contributed by atoms with Crippen molar-refractivity contribution in [3.05, 3.63) is 85.9 Å². The zero-order valence-corrected chi connectivity index (χ0v) is 19.1. The third-order valence-corrected chi connectivity index (χ3v) is 6.61. The maximum atomic E-state index is 12.8. The van der Waals surface area contributed by atoms with Crippen LogP contribution in [0.2, 0.25) is 5.02 Å². The first-order chi connectivity index (χ1) is 14.1. The Morgan fingerprint density at radius 2 is 1.47 bits per heavy atom. The highest BCUT2D eigenvalue weighted by Crippen LogP contribution is 2.28. The number of hydrogen-bond acceptors (Lipinski definition) is 3. The van der Waals surface area contributed by atoms with E-state index in [1.165, 1.54) is 18.2 Å². The number of aryl methyl sites for hydroxylation is 1. The summed E-state index contributed by atoms with van der Waals surface area (Å²) in [5.41, 5.74) is 1.25. The lowest BCUT2D eigenvalue weighted by atomic mass is 10.1. The standard InChI is InChI=1S/C20H12Cl4N2O3S/c1-11-2-8-14(9-3-11)30(28,29)26-20(12-4-6-13(21)7-5-12)25-16-10-15(22)19(27)18(24)17(16)23/h2-10H,1H3/b25-16?,26-20+. The van der Waals surface area contributed by atoms with Gasteiger partial charge in [0.25, 0.3) is 10.0 Å². The van der Waals surface area contributed by atoms with Crippen molar-refractivity contribution in [3.8, 4) is 0 Å². The summed E-state index contributed by atoms with van der Waals surface area (Å²) < 4.78 is 29.6. The number of carbonyl (C=O) groups excluding carboxylic acids is 1. The zero-order chi connectivity index (χ0) is 22.1. The molecule has 154 valence electrons. The lowest BCUT2D eigenvalue weighted by Gasteiger charge is -2.11. The first-order valence-electron chi connectivity index (χ1n) is 8.32. The maximum Gasteiger partial charge on any atom is 0.284 e. The molecule has 5 nitrogen and oxygen atoms in total. The van der Waals surface area contributed by atoms with Gasteiger partial charge in [-0.2, -0.15) is 8.42 Å². The van der Waals surface area contributed by atoms with Crippen molar-refractivity contribution in [3.63, 3.8) is 0 Å². The minimum atomic E-state index is -4.11. The number of Topliss-reactive ketones (excluding diaryl/α,β-unsaturated/α-hetero) is 1. The van der Waals surface area contributed by atoms with Crippen LogP contribution in [0.1, 0.15) is 11.1 Å². The first-order valence-corrected chi connectivity index (χ1v) is 11.3. The molecule has 0 atom stereocenters. The summed E-state index contributed by atoms with van der Waals surface area (Å²) in [6.45, 7) is 1.84. The van der Waals surface area contributed by atoms with Crippen LogP contribution in [0, 0.1) is 6.92 Å². The van der Waals surface area contributed by atoms with E-state index in [4.69, 9.17) is 46.4 Å². The second kappa shape index (κ2) is 9.04. The number of halogens is 4. The molecule has 0 aromatic heterocycles. The minimum Gasteiger partial charge on any atom is -0.287 e. The molecule has 0 unspecified atom stereocenters. The molecule has 0 aliphatic heterocycles. The lowest BCUT2D eigenvalue weighted by Crippen LogP contribution is -2.14. The van der Waals surface area contributed by atoms with Gasteiger partial charge in [0.15, 0.2) is 5.84 Å². The lowest BCUT2D eigenvalue weighted by molar-refractivity contribution is -0.111. The molecular formula is C20H12Cl4N2O3S. The number of ketones is 1. The molecule has 0 amide bonds. The van der Waals surface area contributed by atoms with Gasteiger partial charge in [0.05, 0.1) is 20.7 Å². The van der Waals surface area contributed by atoms with E-state index < -0.39 is 15.8 Å². The number of benzene rings is 2. The second-order valence-corrected chi connectivity index (χ2v) is 9.36. The number of aliphatic imine (C=N–C) groups is 1. The van der Waals surface area contributed by atoms with Crippen LogP contribution in [-0.2, 0) is 14.8 Å². The minimum absolute atomic E-state index is 0.000859. The van der Waals surface area contributed by atoms with Crippen molar-refractivity contribution < 1.29 is 13.2 Å². The fourth-order valence-electron chi connectivity index (χ4n) is 2.37. The van der Waals surface area contributed by atoms with E-state index in [1.807, 2.05) is 6.92 Å². The fourth-order valence-corrected chi connectivity index (χ4v) is 4.09. The van der Waals surface area contributed by atoms with E-state index in [-0.39, 0.29) is 31.5 Å². The molecule has 0 N–H and O–H groups in total. The van der Waals surface area contributed by atoms with Gasteiger partial charge in [-0.15, -0.1) is 4.40 Å². The number of allylic oxidation sites excluding steroid dienone is 4. The summed E-state index contributed by atoms with van der Waals surface area (Å²) in [6, 6.07) is 12.4. The molecule has 0 saturated heterocycles. The fraction of sp³-hybridized carbons (Fsp3) is 0.0500. The Bertz CT molecular complexity index is 1240. The Balaban J connectivity index is 2.19. The number of hydrogen-bond donors (Lipinski definition) is 0. The van der Waals surface area contributed by atoms with Gasteiger partial charge in [-0.1, -0.05) is 64.1 Å². The average molecular weight is 502 g/mol. The average Bonchev–Trinajstić information content (AvgIpc) is 2.70. The van der Waals surface area contributed by atoms with Crippen LogP contribution in [0.5, 0.6) is 0 Å². The number of nitrogens with zero attached hydrogens (tertiary/aromatic N) is 2. The summed E-state index contributed by atoms with van der Waals surface area (Å²) >= 11 is 23.9. The normalized spacial score (nSPS) is 16.8. The van der Waals surface area contributed by atoms with Crippen LogP contribution in [-0.4, -0.2) is 25.7 Å². The van der Waals surface area contributed by atoms with Crippen LogP contribution in [0.4, 0.5) is 0 Å². The highest BCUT2D eigenvalue weighted by molar-refractivity contribution is 7.90. The van der Waals surface area contributed by atoms with E-state index in [1.54, 1.807) is 36.4 Å². The van der Waals surface area contributed by atoms with Crippen LogP contribution in [0.25, 0.3) is 0 Å². The van der Waals surface area contributed by atoms with Crippen LogP contribution < -0.4 is 0 Å². The van der Waals surface area contributed by atoms with Gasteiger partial charge in [-0.05, 0) is 49.4 Å². The monoisotopic (exact) mass is 500 g/mol. The third-order valence-electron chi connectivity index (χ3n) is 3.95. The molecule has 0 heterocycles. The molecule has 1 aliphatic rings. The Hall–Kier alpha value is -1.96. The molecule has 2 aromatic rings. The molecule has 10 heteroatoms. The van der Waals surface area contributed by atoms with Gasteiger partial charge in [0.1, 0.15) is 5.03 Å². The Labute approximate surface area is 193 Å². The highest BCUT2D eigenvalue weighted by atomic mass is 35.5. The molecular weight excluding hydrogens is 490 g/mol. The smallest absolute Gasteiger partial charge is 0.284 e. The van der Waals surface area contributed by atoms with E-state index in [2.05, 4.69) is 9.39 Å². The predicted molar refractivity (Wildman–Crippen MR) is 121 cm³/mol. The maximum absolute atomic E-state index is 12.8. The Morgan fingerprint density at radius 3 is 2.07 bits per heavy atom. The van der Waals surface area contributed by atoms with Crippen LogP contribution >= 0.6 is 46.4 Å². The number of rotatable bonds is 3. The summed E-state index contributed by atoms with van der Waals surface area (Å²) in [7, 11) is -4.11. The summed E-state index contributed by atoms with van der Waals surface area (Å²) in [6.07, 6.45) is 1.20. The van der Waals surface area contributed by atoms with Crippen LogP contribution in [0.3, 0.4) is 0 Å². The van der Waals surface area contributed by atoms with Crippen molar-refractivity contribution in [2.75, 3.05) is 0 Å². The van der Waals surface area contributed by atoms with E-state index in [9.17, 15) is 13.2 Å². The second-order valence-electron chi connectivity index (χ2n) is 6.16. The summed E-state index contributed by atoms with van der Waals surface area (Å²) in [5.74, 6) is -0.834. The molecule has 30 heavy (non-hydrogen) atoms. The first kappa shape index (κ1) is 22.7. The molecule has 0 radical (unpaired) electrons. The number of amidine groups is 1. The van der Waals surface area contributed by atoms with Gasteiger partial charge in [-0.3, -0.25) is 4.79 Å². The van der Waals surface area contributed by atoms with Crippen molar-refractivity contribution in [2.24, 2.45) is 9.39 Å². The largest absolute Gasteiger partial charge is 0.287 e. The van der Waals surface area contributed by atoms with Gasteiger partial charge >= 0.3 is 0 Å². The van der Waals surface area contributed by atoms with Gasteiger partial charge < -0.3 is 0 Å². The van der Waals surface area contributed by atoms with Gasteiger partial charge in [0.2, 0.25) is 5.78 Å². The van der Waals surface area contributed by atoms with Crippen molar-refractivity contribution in [2.45, 2.75) is 11.8 Å². The van der Waals surface area contributed by atoms with E-state index in [0.29, 0.717) is 10.6 Å². The zero-order valence-electron chi connectivity index (χ0n) is 15.2. The molecule has 0 fully saturated rings. The van der Waals surface area contributed by atoms with E-state index >= 15 is 0 Å².